The van der Waals surface area contributed by atoms with Crippen molar-refractivity contribution in [3.8, 4) is 0 Å². The van der Waals surface area contributed by atoms with Crippen molar-refractivity contribution in [3.63, 3.8) is 0 Å². The van der Waals surface area contributed by atoms with Crippen molar-refractivity contribution in [2.75, 3.05) is 0 Å². The molecule has 23 heavy (non-hydrogen) atoms. The highest BCUT2D eigenvalue weighted by Gasteiger charge is 2.22. The molecule has 0 fully saturated rings. The molecule has 7 heteroatoms. The fourth-order valence-electron chi connectivity index (χ4n) is 1.99. The second-order valence-corrected chi connectivity index (χ2v) is 6.11. The van der Waals surface area contributed by atoms with Gasteiger partial charge < -0.3 is 10.4 Å². The fraction of sp³-hybridized carbons (Fsp3) is 0.125. The number of hydrogen-bond donors (Lipinski definition) is 2. The number of rotatable bonds is 5. The summed E-state index contributed by atoms with van der Waals surface area (Å²) in [6, 6.07) is 8.86. The molecule has 120 valence electrons. The lowest BCUT2D eigenvalue weighted by Gasteiger charge is -2.16. The van der Waals surface area contributed by atoms with Gasteiger partial charge in [0.05, 0.1) is 0 Å². The first-order valence-corrected chi connectivity index (χ1v) is 7.77. The van der Waals surface area contributed by atoms with Crippen molar-refractivity contribution < 1.29 is 19.1 Å². The minimum absolute atomic E-state index is 0.0392. The van der Waals surface area contributed by atoms with E-state index in [1.54, 1.807) is 18.2 Å². The van der Waals surface area contributed by atoms with Gasteiger partial charge in [-0.3, -0.25) is 4.79 Å². The van der Waals surface area contributed by atoms with Crippen LogP contribution in [0.2, 0.25) is 5.02 Å². The second kappa shape index (κ2) is 7.57. The molecule has 2 aromatic rings. The fourth-order valence-corrected chi connectivity index (χ4v) is 2.59. The summed E-state index contributed by atoms with van der Waals surface area (Å²) in [7, 11) is 0. The Kier molecular flexibility index (Phi) is 5.74. The second-order valence-electron chi connectivity index (χ2n) is 4.81. The molecule has 0 heterocycles. The highest BCUT2D eigenvalue weighted by molar-refractivity contribution is 9.10. The summed E-state index contributed by atoms with van der Waals surface area (Å²) in [5.41, 5.74) is 0.700. The van der Waals surface area contributed by atoms with E-state index < -0.39 is 23.7 Å². The zero-order valence-electron chi connectivity index (χ0n) is 11.7. The van der Waals surface area contributed by atoms with Gasteiger partial charge in [-0.2, -0.15) is 0 Å². The third kappa shape index (κ3) is 4.77. The van der Waals surface area contributed by atoms with Gasteiger partial charge in [0, 0.05) is 21.5 Å². The van der Waals surface area contributed by atoms with Crippen LogP contribution in [0.25, 0.3) is 0 Å². The predicted octanol–water partition coefficient (Wildman–Crippen LogP) is 3.67. The third-order valence-corrected chi connectivity index (χ3v) is 4.13. The predicted molar refractivity (Wildman–Crippen MR) is 88.1 cm³/mol. The average Bonchev–Trinajstić information content (AvgIpc) is 2.50. The summed E-state index contributed by atoms with van der Waals surface area (Å²) in [5.74, 6) is -2.42. The molecule has 0 aliphatic carbocycles. The summed E-state index contributed by atoms with van der Waals surface area (Å²) in [6.45, 7) is 0. The highest BCUT2D eigenvalue weighted by Crippen LogP contribution is 2.22. The monoisotopic (exact) mass is 399 g/mol. The van der Waals surface area contributed by atoms with Crippen LogP contribution < -0.4 is 5.32 Å². The molecule has 0 spiro atoms. The lowest BCUT2D eigenvalue weighted by molar-refractivity contribution is -0.139. The van der Waals surface area contributed by atoms with E-state index in [0.29, 0.717) is 15.1 Å². The standard InChI is InChI=1S/C16H12BrClFNO3/c17-13-5-4-11(18)6-10(13)8-14(16(22)23)20-15(21)9-2-1-3-12(19)7-9/h1-7,14H,8H2,(H,20,21)(H,22,23)/t14-/m1/s1. The molecule has 2 rings (SSSR count). The molecule has 0 unspecified atom stereocenters. The van der Waals surface area contributed by atoms with Crippen molar-refractivity contribution in [1.82, 2.24) is 5.32 Å². The number of nitrogens with one attached hydrogen (secondary N) is 1. The number of carbonyl (C=O) groups excluding carboxylic acids is 1. The van der Waals surface area contributed by atoms with E-state index in [2.05, 4.69) is 21.2 Å². The molecule has 0 radical (unpaired) electrons. The van der Waals surface area contributed by atoms with Gasteiger partial charge in [0.25, 0.3) is 5.91 Å². The number of carboxylic acids is 1. The van der Waals surface area contributed by atoms with Gasteiger partial charge in [-0.25, -0.2) is 9.18 Å². The number of benzene rings is 2. The van der Waals surface area contributed by atoms with E-state index in [1.165, 1.54) is 18.2 Å². The van der Waals surface area contributed by atoms with Crippen LogP contribution in [0, 0.1) is 5.82 Å². The van der Waals surface area contributed by atoms with Crippen molar-refractivity contribution in [2.24, 2.45) is 0 Å². The Balaban J connectivity index is 2.17. The Labute approximate surface area is 145 Å². The van der Waals surface area contributed by atoms with Crippen LogP contribution in [0.3, 0.4) is 0 Å². The zero-order chi connectivity index (χ0) is 17.0. The van der Waals surface area contributed by atoms with Gasteiger partial charge in [0.15, 0.2) is 0 Å². The quantitative estimate of drug-likeness (QED) is 0.805. The SMILES string of the molecule is O=C(N[C@H](Cc1cc(Cl)ccc1Br)C(=O)O)c1cccc(F)c1. The smallest absolute Gasteiger partial charge is 0.326 e. The third-order valence-electron chi connectivity index (χ3n) is 3.12. The minimum atomic E-state index is -1.19. The van der Waals surface area contributed by atoms with Crippen LogP contribution in [0.5, 0.6) is 0 Å². The lowest BCUT2D eigenvalue weighted by Crippen LogP contribution is -2.42. The average molecular weight is 401 g/mol. The van der Waals surface area contributed by atoms with E-state index in [9.17, 15) is 19.1 Å². The number of carboxylic acid groups (broad SMARTS) is 1. The molecule has 0 saturated heterocycles. The molecule has 1 amide bonds. The van der Waals surface area contributed by atoms with Crippen LogP contribution in [-0.4, -0.2) is 23.0 Å². The number of halogens is 3. The molecular weight excluding hydrogens is 389 g/mol. The van der Waals surface area contributed by atoms with E-state index in [-0.39, 0.29) is 12.0 Å². The zero-order valence-corrected chi connectivity index (χ0v) is 14.1. The molecular formula is C16H12BrClFNO3. The maximum Gasteiger partial charge on any atom is 0.326 e. The van der Waals surface area contributed by atoms with Gasteiger partial charge in [-0.15, -0.1) is 0 Å². The molecule has 4 nitrogen and oxygen atoms in total. The molecule has 2 N–H and O–H groups in total. The van der Waals surface area contributed by atoms with Crippen molar-refractivity contribution in [3.05, 3.63) is 68.9 Å². The topological polar surface area (TPSA) is 66.4 Å². The number of carbonyl (C=O) groups is 2. The first kappa shape index (κ1) is 17.4. The normalized spacial score (nSPS) is 11.8. The Morgan fingerprint density at radius 3 is 2.65 bits per heavy atom. The molecule has 2 aromatic carbocycles. The van der Waals surface area contributed by atoms with Gasteiger partial charge in [-0.05, 0) is 42.0 Å². The molecule has 1 atom stereocenters. The van der Waals surface area contributed by atoms with E-state index in [4.69, 9.17) is 11.6 Å². The van der Waals surface area contributed by atoms with E-state index in [0.717, 1.165) is 6.07 Å². The van der Waals surface area contributed by atoms with E-state index >= 15 is 0 Å². The Bertz CT molecular complexity index is 754. The lowest BCUT2D eigenvalue weighted by atomic mass is 10.1. The summed E-state index contributed by atoms with van der Waals surface area (Å²) in [6.07, 6.45) is 0.0392. The maximum absolute atomic E-state index is 13.2. The summed E-state index contributed by atoms with van der Waals surface area (Å²) in [5, 5.41) is 12.2. The molecule has 0 aliphatic rings. The van der Waals surface area contributed by atoms with Gasteiger partial charge >= 0.3 is 5.97 Å². The van der Waals surface area contributed by atoms with Crippen LogP contribution in [0.1, 0.15) is 15.9 Å². The summed E-state index contributed by atoms with van der Waals surface area (Å²) in [4.78, 5) is 23.5. The van der Waals surface area contributed by atoms with Gasteiger partial charge in [0.2, 0.25) is 0 Å². The molecule has 0 bridgehead atoms. The molecule has 0 aliphatic heterocycles. The van der Waals surface area contributed by atoms with Crippen LogP contribution >= 0.6 is 27.5 Å². The van der Waals surface area contributed by atoms with Gasteiger partial charge in [0.1, 0.15) is 11.9 Å². The Hall–Kier alpha value is -1.92. The first-order chi connectivity index (χ1) is 10.9. The molecule has 0 aromatic heterocycles. The van der Waals surface area contributed by atoms with Crippen LogP contribution in [0.15, 0.2) is 46.9 Å². The minimum Gasteiger partial charge on any atom is -0.480 e. The Morgan fingerprint density at radius 1 is 1.26 bits per heavy atom. The largest absolute Gasteiger partial charge is 0.480 e. The number of hydrogen-bond acceptors (Lipinski definition) is 2. The summed E-state index contributed by atoms with van der Waals surface area (Å²) < 4.78 is 13.8. The number of aliphatic carboxylic acids is 1. The number of amides is 1. The molecule has 0 saturated carbocycles. The van der Waals surface area contributed by atoms with Crippen molar-refractivity contribution >= 4 is 39.4 Å². The maximum atomic E-state index is 13.2. The van der Waals surface area contributed by atoms with Gasteiger partial charge in [-0.1, -0.05) is 33.6 Å². The summed E-state index contributed by atoms with van der Waals surface area (Å²) >= 11 is 9.22. The van der Waals surface area contributed by atoms with E-state index in [1.807, 2.05) is 0 Å². The first-order valence-electron chi connectivity index (χ1n) is 6.60. The van der Waals surface area contributed by atoms with Crippen molar-refractivity contribution in [2.45, 2.75) is 12.5 Å². The van der Waals surface area contributed by atoms with Crippen molar-refractivity contribution in [1.29, 1.82) is 0 Å². The van der Waals surface area contributed by atoms with Crippen LogP contribution in [0.4, 0.5) is 4.39 Å². The highest BCUT2D eigenvalue weighted by atomic mass is 79.9. The van der Waals surface area contributed by atoms with Crippen LogP contribution in [-0.2, 0) is 11.2 Å². The Morgan fingerprint density at radius 2 is 2.00 bits per heavy atom.